The van der Waals surface area contributed by atoms with Crippen molar-refractivity contribution in [3.05, 3.63) is 28.3 Å². The van der Waals surface area contributed by atoms with Gasteiger partial charge in [0.15, 0.2) is 0 Å². The summed E-state index contributed by atoms with van der Waals surface area (Å²) in [6.45, 7) is 3.88. The summed E-state index contributed by atoms with van der Waals surface area (Å²) in [6.07, 6.45) is -2.12. The molecule has 2 atom stereocenters. The van der Waals surface area contributed by atoms with E-state index in [-0.39, 0.29) is 5.75 Å². The molecule has 7 heteroatoms. The van der Waals surface area contributed by atoms with Crippen molar-refractivity contribution in [2.24, 2.45) is 5.41 Å². The van der Waals surface area contributed by atoms with Gasteiger partial charge in [-0.25, -0.2) is 0 Å². The van der Waals surface area contributed by atoms with Crippen molar-refractivity contribution < 1.29 is 29.6 Å². The Balaban J connectivity index is 2.81. The van der Waals surface area contributed by atoms with Crippen LogP contribution < -0.4 is 4.74 Å². The number of aliphatic hydroxyl groups is 2. The maximum Gasteiger partial charge on any atom is 0.314 e. The Morgan fingerprint density at radius 3 is 2.23 bits per heavy atom. The second-order valence-electron chi connectivity index (χ2n) is 5.45. The quantitative estimate of drug-likeness (QED) is 0.541. The van der Waals surface area contributed by atoms with Crippen molar-refractivity contribution in [1.82, 2.24) is 0 Å². The Labute approximate surface area is 133 Å². The summed E-state index contributed by atoms with van der Waals surface area (Å²) in [6, 6.07) is 3.14. The number of aliphatic hydroxyl groups excluding tert-OH is 2. The monoisotopic (exact) mass is 330 g/mol. The highest BCUT2D eigenvalue weighted by Crippen LogP contribution is 2.27. The summed E-state index contributed by atoms with van der Waals surface area (Å²) in [5, 5.41) is 28.6. The van der Waals surface area contributed by atoms with E-state index in [1.165, 1.54) is 0 Å². The molecule has 0 amide bonds. The van der Waals surface area contributed by atoms with Gasteiger partial charge in [-0.3, -0.25) is 9.59 Å². The molecule has 122 valence electrons. The van der Waals surface area contributed by atoms with Gasteiger partial charge >= 0.3 is 11.9 Å². The van der Waals surface area contributed by atoms with Gasteiger partial charge in [0.25, 0.3) is 0 Å². The Morgan fingerprint density at radius 2 is 1.82 bits per heavy atom. The van der Waals surface area contributed by atoms with Crippen LogP contribution in [0.1, 0.15) is 24.5 Å². The Kier molecular flexibility index (Phi) is 5.93. The number of benzene rings is 1. The smallest absolute Gasteiger partial charge is 0.314 e. The summed E-state index contributed by atoms with van der Waals surface area (Å²) < 4.78 is 5.09. The summed E-state index contributed by atoms with van der Waals surface area (Å²) in [4.78, 5) is 22.9. The first-order valence-corrected chi connectivity index (χ1v) is 6.99. The number of rotatable bonds is 6. The van der Waals surface area contributed by atoms with Gasteiger partial charge in [-0.1, -0.05) is 11.6 Å². The molecule has 0 bridgehead atoms. The van der Waals surface area contributed by atoms with Crippen LogP contribution in [0.15, 0.2) is 12.1 Å². The molecule has 6 nitrogen and oxygen atoms in total. The van der Waals surface area contributed by atoms with E-state index in [0.29, 0.717) is 5.02 Å². The average molecular weight is 331 g/mol. The van der Waals surface area contributed by atoms with Crippen LogP contribution in [-0.2, 0) is 9.59 Å². The molecule has 0 saturated carbocycles. The van der Waals surface area contributed by atoms with E-state index in [9.17, 15) is 14.7 Å². The van der Waals surface area contributed by atoms with Crippen LogP contribution >= 0.6 is 11.6 Å². The van der Waals surface area contributed by atoms with Crippen LogP contribution in [0.3, 0.4) is 0 Å². The topological polar surface area (TPSA) is 104 Å². The van der Waals surface area contributed by atoms with E-state index < -0.39 is 36.5 Å². The third-order valence-corrected chi connectivity index (χ3v) is 4.15. The largest absolute Gasteiger partial charge is 0.481 e. The Bertz CT molecular complexity index is 562. The zero-order valence-corrected chi connectivity index (χ0v) is 13.3. The lowest BCUT2D eigenvalue weighted by atomic mass is 9.83. The van der Waals surface area contributed by atoms with E-state index in [1.54, 1.807) is 26.0 Å². The standard InChI is InChI=1S/C15H19ClO6/c1-8-4-10(5-9(2)13(8)16)22-12(19)6-11(18)15(3,7-17)14(20)21/h4-5,11,17-18H,6-7H2,1-3H3,(H,20,21)/t11-,15-/m0/s1. The minimum Gasteiger partial charge on any atom is -0.481 e. The maximum absolute atomic E-state index is 11.8. The maximum atomic E-state index is 11.8. The van der Waals surface area contributed by atoms with Crippen molar-refractivity contribution in [2.75, 3.05) is 6.61 Å². The number of hydrogen-bond acceptors (Lipinski definition) is 5. The lowest BCUT2D eigenvalue weighted by Crippen LogP contribution is -2.44. The highest BCUT2D eigenvalue weighted by Gasteiger charge is 2.41. The number of carbonyl (C=O) groups excluding carboxylic acids is 1. The number of carboxylic acid groups (broad SMARTS) is 1. The van der Waals surface area contributed by atoms with Gasteiger partial charge in [-0.05, 0) is 44.0 Å². The van der Waals surface area contributed by atoms with Crippen molar-refractivity contribution >= 4 is 23.5 Å². The predicted molar refractivity (Wildman–Crippen MR) is 80.0 cm³/mol. The second-order valence-corrected chi connectivity index (χ2v) is 5.82. The van der Waals surface area contributed by atoms with Gasteiger partial charge in [0.1, 0.15) is 11.2 Å². The summed E-state index contributed by atoms with van der Waals surface area (Å²) in [5.41, 5.74) is -0.364. The minimum atomic E-state index is -1.83. The first kappa shape index (κ1) is 18.4. The highest BCUT2D eigenvalue weighted by molar-refractivity contribution is 6.32. The number of carbonyl (C=O) groups is 2. The van der Waals surface area contributed by atoms with Crippen molar-refractivity contribution in [3.63, 3.8) is 0 Å². The molecule has 0 aliphatic carbocycles. The molecule has 0 aliphatic heterocycles. The molecule has 0 radical (unpaired) electrons. The molecule has 0 unspecified atom stereocenters. The molecule has 0 fully saturated rings. The molecule has 0 heterocycles. The van der Waals surface area contributed by atoms with Crippen LogP contribution in [-0.4, -0.2) is 40.0 Å². The molecular formula is C15H19ClO6. The Morgan fingerprint density at radius 1 is 1.32 bits per heavy atom. The average Bonchev–Trinajstić information content (AvgIpc) is 2.43. The van der Waals surface area contributed by atoms with E-state index in [4.69, 9.17) is 26.6 Å². The lowest BCUT2D eigenvalue weighted by molar-refractivity contribution is -0.160. The molecule has 1 aromatic carbocycles. The number of hydrogen-bond donors (Lipinski definition) is 3. The van der Waals surface area contributed by atoms with Crippen LogP contribution in [0.25, 0.3) is 0 Å². The number of carboxylic acids is 1. The predicted octanol–water partition coefficient (Wildman–Crippen LogP) is 1.70. The SMILES string of the molecule is Cc1cc(OC(=O)C[C@H](O)[C@](C)(CO)C(=O)O)cc(C)c1Cl. The Hall–Kier alpha value is -1.63. The van der Waals surface area contributed by atoms with E-state index in [1.807, 2.05) is 0 Å². The van der Waals surface area contributed by atoms with Gasteiger partial charge in [0, 0.05) is 5.02 Å². The molecule has 1 rings (SSSR count). The van der Waals surface area contributed by atoms with Gasteiger partial charge in [-0.2, -0.15) is 0 Å². The van der Waals surface area contributed by atoms with E-state index >= 15 is 0 Å². The third-order valence-electron chi connectivity index (χ3n) is 3.55. The molecule has 22 heavy (non-hydrogen) atoms. The van der Waals surface area contributed by atoms with Crippen LogP contribution in [0, 0.1) is 19.3 Å². The van der Waals surface area contributed by atoms with Crippen LogP contribution in [0.4, 0.5) is 0 Å². The summed E-state index contributed by atoms with van der Waals surface area (Å²) >= 11 is 6.01. The second kappa shape index (κ2) is 7.09. The fourth-order valence-electron chi connectivity index (χ4n) is 1.84. The zero-order chi connectivity index (χ0) is 17.1. The van der Waals surface area contributed by atoms with E-state index in [0.717, 1.165) is 18.1 Å². The molecule has 0 spiro atoms. The number of halogens is 1. The summed E-state index contributed by atoms with van der Waals surface area (Å²) in [5.74, 6) is -1.93. The summed E-state index contributed by atoms with van der Waals surface area (Å²) in [7, 11) is 0. The molecular weight excluding hydrogens is 312 g/mol. The minimum absolute atomic E-state index is 0.262. The first-order chi connectivity index (χ1) is 10.1. The number of aliphatic carboxylic acids is 1. The zero-order valence-electron chi connectivity index (χ0n) is 12.6. The highest BCUT2D eigenvalue weighted by atomic mass is 35.5. The van der Waals surface area contributed by atoms with Crippen molar-refractivity contribution in [1.29, 1.82) is 0 Å². The fraction of sp³-hybridized carbons (Fsp3) is 0.467. The van der Waals surface area contributed by atoms with E-state index in [2.05, 4.69) is 0 Å². The van der Waals surface area contributed by atoms with Gasteiger partial charge in [-0.15, -0.1) is 0 Å². The lowest BCUT2D eigenvalue weighted by Gasteiger charge is -2.27. The number of esters is 1. The molecule has 0 aliphatic rings. The third kappa shape index (κ3) is 3.97. The van der Waals surface area contributed by atoms with Crippen molar-refractivity contribution in [2.45, 2.75) is 33.3 Å². The van der Waals surface area contributed by atoms with Gasteiger partial charge < -0.3 is 20.1 Å². The van der Waals surface area contributed by atoms with Gasteiger partial charge in [0.05, 0.1) is 19.1 Å². The molecule has 1 aromatic rings. The molecule has 0 saturated heterocycles. The van der Waals surface area contributed by atoms with Crippen LogP contribution in [0.2, 0.25) is 5.02 Å². The fourth-order valence-corrected chi connectivity index (χ4v) is 1.95. The molecule has 3 N–H and O–H groups in total. The van der Waals surface area contributed by atoms with Crippen molar-refractivity contribution in [3.8, 4) is 5.75 Å². The van der Waals surface area contributed by atoms with Crippen LogP contribution in [0.5, 0.6) is 5.75 Å². The molecule has 0 aromatic heterocycles. The normalized spacial score (nSPS) is 15.0. The number of ether oxygens (including phenoxy) is 1. The first-order valence-electron chi connectivity index (χ1n) is 6.61. The van der Waals surface area contributed by atoms with Gasteiger partial charge in [0.2, 0.25) is 0 Å². The number of aryl methyl sites for hydroxylation is 2.